The zero-order valence-electron chi connectivity index (χ0n) is 25.2. The van der Waals surface area contributed by atoms with Gasteiger partial charge in [-0.05, 0) is 69.0 Å². The number of fused-ring (bicyclic) bond motifs is 1. The second-order valence-corrected chi connectivity index (χ2v) is 9.87. The maximum absolute atomic E-state index is 12.8. The molecule has 0 amide bonds. The molecule has 0 spiro atoms. The molecule has 0 heterocycles. The number of esters is 5. The van der Waals surface area contributed by atoms with Crippen molar-refractivity contribution in [3.8, 4) is 28.7 Å². The molecule has 0 aliphatic carbocycles. The summed E-state index contributed by atoms with van der Waals surface area (Å²) in [5, 5.41) is 0.775. The SMILES string of the molecule is C=C(C)C(=O)Oc1ccc(OC(=O)/C=C/c2ccc(OC(=O)C(=C)C)c3c(OC(=O)C(=C)C)cccc23)cc1OC(=O)C(=C)C. The van der Waals surface area contributed by atoms with E-state index >= 15 is 0 Å². The topological polar surface area (TPSA) is 132 Å². The third-order valence-corrected chi connectivity index (χ3v) is 5.73. The maximum atomic E-state index is 12.8. The minimum absolute atomic E-state index is 0.0230. The fraction of sp³-hybridized carbons (Fsp3) is 0.114. The molecule has 230 valence electrons. The number of hydrogen-bond donors (Lipinski definition) is 0. The van der Waals surface area contributed by atoms with E-state index in [0.717, 1.165) is 6.08 Å². The van der Waals surface area contributed by atoms with Gasteiger partial charge in [0, 0.05) is 34.4 Å². The first kappa shape index (κ1) is 33.5. The predicted octanol–water partition coefficient (Wildman–Crippen LogP) is 6.38. The van der Waals surface area contributed by atoms with Gasteiger partial charge in [0.15, 0.2) is 11.5 Å². The highest BCUT2D eigenvalue weighted by Crippen LogP contribution is 2.38. The Morgan fingerprint density at radius 1 is 0.556 bits per heavy atom. The summed E-state index contributed by atoms with van der Waals surface area (Å²) in [6.07, 6.45) is 2.58. The van der Waals surface area contributed by atoms with Gasteiger partial charge in [-0.25, -0.2) is 24.0 Å². The van der Waals surface area contributed by atoms with Crippen LogP contribution in [0.25, 0.3) is 16.8 Å². The number of ether oxygens (including phenoxy) is 5. The monoisotopic (exact) mass is 610 g/mol. The van der Waals surface area contributed by atoms with Crippen LogP contribution in [0.4, 0.5) is 0 Å². The zero-order valence-corrected chi connectivity index (χ0v) is 25.2. The highest BCUT2D eigenvalue weighted by atomic mass is 16.6. The molecule has 3 rings (SSSR count). The van der Waals surface area contributed by atoms with Crippen LogP contribution in [-0.2, 0) is 24.0 Å². The van der Waals surface area contributed by atoms with E-state index in [2.05, 4.69) is 26.3 Å². The molecular formula is C35H30O10. The van der Waals surface area contributed by atoms with Crippen LogP contribution in [0.5, 0.6) is 28.7 Å². The Morgan fingerprint density at radius 2 is 1.02 bits per heavy atom. The number of carbonyl (C=O) groups excluding carboxylic acids is 5. The first-order chi connectivity index (χ1) is 21.2. The van der Waals surface area contributed by atoms with Crippen LogP contribution < -0.4 is 23.7 Å². The van der Waals surface area contributed by atoms with Gasteiger partial charge >= 0.3 is 29.8 Å². The quantitative estimate of drug-likeness (QED) is 0.137. The molecule has 0 aromatic heterocycles. The summed E-state index contributed by atoms with van der Waals surface area (Å²) in [4.78, 5) is 61.6. The predicted molar refractivity (Wildman–Crippen MR) is 167 cm³/mol. The van der Waals surface area contributed by atoms with Gasteiger partial charge in [0.05, 0.1) is 5.39 Å². The lowest BCUT2D eigenvalue weighted by atomic mass is 10.0. The fourth-order valence-corrected chi connectivity index (χ4v) is 3.45. The molecule has 45 heavy (non-hydrogen) atoms. The van der Waals surface area contributed by atoms with Gasteiger partial charge in [-0.1, -0.05) is 44.5 Å². The van der Waals surface area contributed by atoms with Crippen molar-refractivity contribution in [1.29, 1.82) is 0 Å². The smallest absolute Gasteiger partial charge is 0.338 e. The van der Waals surface area contributed by atoms with Crippen molar-refractivity contribution in [2.45, 2.75) is 27.7 Å². The van der Waals surface area contributed by atoms with Gasteiger partial charge in [0.1, 0.15) is 17.2 Å². The third-order valence-electron chi connectivity index (χ3n) is 5.73. The van der Waals surface area contributed by atoms with Crippen molar-refractivity contribution in [2.24, 2.45) is 0 Å². The van der Waals surface area contributed by atoms with E-state index in [9.17, 15) is 24.0 Å². The van der Waals surface area contributed by atoms with E-state index in [1.54, 1.807) is 18.2 Å². The van der Waals surface area contributed by atoms with Crippen molar-refractivity contribution in [2.75, 3.05) is 0 Å². The second kappa shape index (κ2) is 14.4. The van der Waals surface area contributed by atoms with E-state index in [0.29, 0.717) is 16.3 Å². The number of rotatable bonds is 11. The van der Waals surface area contributed by atoms with E-state index in [1.807, 2.05) is 0 Å². The molecule has 0 aliphatic heterocycles. The van der Waals surface area contributed by atoms with Gasteiger partial charge in [-0.3, -0.25) is 0 Å². The van der Waals surface area contributed by atoms with Crippen molar-refractivity contribution < 1.29 is 47.7 Å². The summed E-state index contributed by atoms with van der Waals surface area (Å²) in [5.41, 5.74) is 1.01. The lowest BCUT2D eigenvalue weighted by molar-refractivity contribution is -0.132. The average molecular weight is 611 g/mol. The zero-order chi connectivity index (χ0) is 33.4. The summed E-state index contributed by atoms with van der Waals surface area (Å²) in [5.74, 6) is -3.82. The van der Waals surface area contributed by atoms with Crippen molar-refractivity contribution in [3.05, 3.63) is 109 Å². The van der Waals surface area contributed by atoms with Crippen LogP contribution in [0.15, 0.2) is 103 Å². The Balaban J connectivity index is 1.96. The minimum atomic E-state index is -0.811. The molecule has 10 nitrogen and oxygen atoms in total. The van der Waals surface area contributed by atoms with Crippen LogP contribution in [0.1, 0.15) is 33.3 Å². The number of hydrogen-bond acceptors (Lipinski definition) is 10. The Hall–Kier alpha value is -6.03. The summed E-state index contributed by atoms with van der Waals surface area (Å²) < 4.78 is 26.8. The maximum Gasteiger partial charge on any atom is 0.338 e. The molecule has 0 aliphatic rings. The first-order valence-electron chi connectivity index (χ1n) is 13.3. The van der Waals surface area contributed by atoms with Gasteiger partial charge in [-0.15, -0.1) is 0 Å². The molecule has 0 bridgehead atoms. The lowest BCUT2D eigenvalue weighted by Crippen LogP contribution is -2.13. The molecule has 0 saturated heterocycles. The lowest BCUT2D eigenvalue weighted by Gasteiger charge is -2.14. The van der Waals surface area contributed by atoms with Crippen LogP contribution >= 0.6 is 0 Å². The van der Waals surface area contributed by atoms with E-state index < -0.39 is 29.8 Å². The largest absolute Gasteiger partial charge is 0.423 e. The number of carbonyl (C=O) groups is 5. The molecule has 0 fully saturated rings. The average Bonchev–Trinajstić information content (AvgIpc) is 2.97. The van der Waals surface area contributed by atoms with Gasteiger partial charge in [0.25, 0.3) is 0 Å². The molecule has 0 unspecified atom stereocenters. The third kappa shape index (κ3) is 8.74. The van der Waals surface area contributed by atoms with Crippen LogP contribution in [0, 0.1) is 0 Å². The molecule has 0 saturated carbocycles. The van der Waals surface area contributed by atoms with Crippen LogP contribution in [0.3, 0.4) is 0 Å². The second-order valence-electron chi connectivity index (χ2n) is 9.87. The molecule has 10 heteroatoms. The molecule has 3 aromatic carbocycles. The minimum Gasteiger partial charge on any atom is -0.423 e. The van der Waals surface area contributed by atoms with Gasteiger partial charge in [0.2, 0.25) is 0 Å². The molecule has 0 N–H and O–H groups in total. The van der Waals surface area contributed by atoms with Gasteiger partial charge < -0.3 is 23.7 Å². The van der Waals surface area contributed by atoms with Crippen molar-refractivity contribution in [3.63, 3.8) is 0 Å². The van der Waals surface area contributed by atoms with Crippen molar-refractivity contribution >= 4 is 46.7 Å². The molecule has 3 aromatic rings. The van der Waals surface area contributed by atoms with Crippen LogP contribution in [-0.4, -0.2) is 29.8 Å². The number of benzene rings is 3. The summed E-state index contributed by atoms with van der Waals surface area (Å²) in [7, 11) is 0. The van der Waals surface area contributed by atoms with Crippen molar-refractivity contribution in [1.82, 2.24) is 0 Å². The summed E-state index contributed by atoms with van der Waals surface area (Å²) >= 11 is 0. The fourth-order valence-electron chi connectivity index (χ4n) is 3.45. The molecule has 0 radical (unpaired) electrons. The first-order valence-corrected chi connectivity index (χ1v) is 13.3. The Morgan fingerprint density at radius 3 is 1.56 bits per heavy atom. The molecule has 0 atom stereocenters. The van der Waals surface area contributed by atoms with E-state index in [-0.39, 0.29) is 51.0 Å². The Kier molecular flexibility index (Phi) is 10.7. The van der Waals surface area contributed by atoms with E-state index in [4.69, 9.17) is 23.7 Å². The summed E-state index contributed by atoms with van der Waals surface area (Å²) in [6.45, 7) is 20.1. The van der Waals surface area contributed by atoms with Crippen LogP contribution in [0.2, 0.25) is 0 Å². The molecular weight excluding hydrogens is 580 g/mol. The Labute approximate surface area is 259 Å². The van der Waals surface area contributed by atoms with Gasteiger partial charge in [-0.2, -0.15) is 0 Å². The van der Waals surface area contributed by atoms with E-state index in [1.165, 1.54) is 64.1 Å². The highest BCUT2D eigenvalue weighted by molar-refractivity contribution is 6.04. The normalized spacial score (nSPS) is 10.5. The highest BCUT2D eigenvalue weighted by Gasteiger charge is 2.19. The standard InChI is InChI=1S/C35H30O10/c1-19(2)32(37)42-26-16-14-24(18-29(26)45-35(40)22(7)8)41-30(36)17-13-23-12-15-28(44-34(39)21(5)6)31-25(23)10-9-11-27(31)43-33(38)20(3)4/h9-18H,1,3,5,7H2,2,4,6,8H3/b17-13+. The summed E-state index contributed by atoms with van der Waals surface area (Å²) in [6, 6.07) is 11.8. The Bertz CT molecular complexity index is 1790.